The van der Waals surface area contributed by atoms with E-state index in [0.717, 1.165) is 19.3 Å². The van der Waals surface area contributed by atoms with E-state index in [-0.39, 0.29) is 10.6 Å². The van der Waals surface area contributed by atoms with E-state index < -0.39 is 16.9 Å². The predicted octanol–water partition coefficient (Wildman–Crippen LogP) is 3.79. The standard InChI is InChI=1S/C23H24ClN3O5/c24-19-16(26-15-1-2-17-18(6-15)32-4-3-31-17)11-25-27(20(19)28)23-9-13-5-14(10-23)8-22(7-13,12-23)21(29)30/h1-2,6,11,13-14,26H,3-5,7-10,12H2,(H,29,30). The molecule has 8 nitrogen and oxygen atoms in total. The first kappa shape index (κ1) is 19.9. The summed E-state index contributed by atoms with van der Waals surface area (Å²) in [6.45, 7) is 0.997. The van der Waals surface area contributed by atoms with Crippen LogP contribution in [0.4, 0.5) is 11.4 Å². The molecule has 168 valence electrons. The van der Waals surface area contributed by atoms with Gasteiger partial charge in [-0.15, -0.1) is 0 Å². The fourth-order valence-corrected chi connectivity index (χ4v) is 7.02. The number of carboxylic acids is 1. The second-order valence-corrected chi connectivity index (χ2v) is 10.2. The zero-order chi connectivity index (χ0) is 22.1. The maximum Gasteiger partial charge on any atom is 0.309 e. The number of fused-ring (bicyclic) bond motifs is 1. The first-order valence-corrected chi connectivity index (χ1v) is 11.4. The quantitative estimate of drug-likeness (QED) is 0.719. The lowest BCUT2D eigenvalue weighted by molar-refractivity contribution is -0.173. The minimum atomic E-state index is -0.750. The van der Waals surface area contributed by atoms with E-state index in [1.165, 1.54) is 4.68 Å². The monoisotopic (exact) mass is 457 g/mol. The predicted molar refractivity (Wildman–Crippen MR) is 117 cm³/mol. The highest BCUT2D eigenvalue weighted by molar-refractivity contribution is 6.33. The molecule has 5 aliphatic rings. The highest BCUT2D eigenvalue weighted by atomic mass is 35.5. The summed E-state index contributed by atoms with van der Waals surface area (Å²) in [4.78, 5) is 25.5. The number of benzene rings is 1. The van der Waals surface area contributed by atoms with Crippen LogP contribution in [0.1, 0.15) is 38.5 Å². The molecule has 32 heavy (non-hydrogen) atoms. The lowest BCUT2D eigenvalue weighted by Crippen LogP contribution is -2.61. The molecule has 2 unspecified atom stereocenters. The number of ether oxygens (including phenoxy) is 2. The molecule has 2 aromatic rings. The normalized spacial score (nSPS) is 32.0. The summed E-state index contributed by atoms with van der Waals surface area (Å²) < 4.78 is 12.6. The number of halogens is 1. The molecule has 4 saturated carbocycles. The van der Waals surface area contributed by atoms with Gasteiger partial charge in [-0.05, 0) is 62.5 Å². The summed E-state index contributed by atoms with van der Waals surface area (Å²) in [6, 6.07) is 5.43. The topological polar surface area (TPSA) is 103 Å². The fourth-order valence-electron chi connectivity index (χ4n) is 6.85. The van der Waals surface area contributed by atoms with Crippen molar-refractivity contribution in [2.24, 2.45) is 17.3 Å². The van der Waals surface area contributed by atoms with Crippen LogP contribution in [-0.4, -0.2) is 34.1 Å². The first-order valence-electron chi connectivity index (χ1n) is 11.1. The number of aliphatic carboxylic acids is 1. The molecule has 1 aromatic heterocycles. The molecule has 4 fully saturated rings. The molecule has 4 aliphatic carbocycles. The summed E-state index contributed by atoms with van der Waals surface area (Å²) in [5.74, 6) is 1.19. The maximum atomic E-state index is 13.3. The Kier molecular flexibility index (Phi) is 4.28. The molecule has 0 spiro atoms. The zero-order valence-electron chi connectivity index (χ0n) is 17.5. The van der Waals surface area contributed by atoms with Crippen LogP contribution in [-0.2, 0) is 10.3 Å². The van der Waals surface area contributed by atoms with Gasteiger partial charge in [0.1, 0.15) is 18.2 Å². The Morgan fingerprint density at radius 3 is 2.59 bits per heavy atom. The highest BCUT2D eigenvalue weighted by Gasteiger charge is 2.62. The molecule has 0 radical (unpaired) electrons. The average Bonchev–Trinajstić information content (AvgIpc) is 2.76. The molecular formula is C23H24ClN3O5. The number of nitrogens with zero attached hydrogens (tertiary/aromatic N) is 2. The van der Waals surface area contributed by atoms with Crippen molar-refractivity contribution in [2.45, 2.75) is 44.1 Å². The average molecular weight is 458 g/mol. The zero-order valence-corrected chi connectivity index (χ0v) is 18.2. The number of carbonyl (C=O) groups is 1. The summed E-state index contributed by atoms with van der Waals surface area (Å²) in [5, 5.41) is 17.7. The fraction of sp³-hybridized carbons (Fsp3) is 0.522. The Labute approximate surface area is 189 Å². The lowest BCUT2D eigenvalue weighted by atomic mass is 9.47. The van der Waals surface area contributed by atoms with Crippen LogP contribution >= 0.6 is 11.6 Å². The van der Waals surface area contributed by atoms with Crippen LogP contribution in [0.2, 0.25) is 5.02 Å². The molecule has 2 N–H and O–H groups in total. The van der Waals surface area contributed by atoms with Gasteiger partial charge in [-0.2, -0.15) is 5.10 Å². The molecule has 4 bridgehead atoms. The van der Waals surface area contributed by atoms with Gasteiger partial charge in [0, 0.05) is 11.8 Å². The Bertz CT molecular complexity index is 1160. The van der Waals surface area contributed by atoms with Crippen LogP contribution in [0.15, 0.2) is 29.2 Å². The molecule has 7 rings (SSSR count). The SMILES string of the molecule is O=C(O)C12CC3CC(C1)CC(n1ncc(Nc4ccc5c(c4)OCCO5)c(Cl)c1=O)(C3)C2. The number of aromatic nitrogens is 2. The number of hydrogen-bond acceptors (Lipinski definition) is 6. The van der Waals surface area contributed by atoms with Crippen molar-refractivity contribution in [3.05, 3.63) is 39.8 Å². The van der Waals surface area contributed by atoms with E-state index in [4.69, 9.17) is 21.1 Å². The van der Waals surface area contributed by atoms with Crippen LogP contribution < -0.4 is 20.3 Å². The van der Waals surface area contributed by atoms with Gasteiger partial charge in [0.05, 0.1) is 22.8 Å². The summed E-state index contributed by atoms with van der Waals surface area (Å²) in [6.07, 6.45) is 6.03. The van der Waals surface area contributed by atoms with E-state index in [0.29, 0.717) is 67.2 Å². The Morgan fingerprint density at radius 2 is 1.88 bits per heavy atom. The van der Waals surface area contributed by atoms with Crippen molar-refractivity contribution >= 4 is 28.9 Å². The Morgan fingerprint density at radius 1 is 1.16 bits per heavy atom. The van der Waals surface area contributed by atoms with Gasteiger partial charge in [0.25, 0.3) is 5.56 Å². The van der Waals surface area contributed by atoms with Gasteiger partial charge in [-0.3, -0.25) is 9.59 Å². The van der Waals surface area contributed by atoms with Crippen molar-refractivity contribution in [3.8, 4) is 11.5 Å². The van der Waals surface area contributed by atoms with E-state index in [1.54, 1.807) is 18.3 Å². The minimum absolute atomic E-state index is 0.0509. The van der Waals surface area contributed by atoms with Gasteiger partial charge in [-0.25, -0.2) is 4.68 Å². The lowest BCUT2D eigenvalue weighted by Gasteiger charge is -2.60. The number of carboxylic acid groups (broad SMARTS) is 1. The molecule has 0 amide bonds. The van der Waals surface area contributed by atoms with Gasteiger partial charge >= 0.3 is 5.97 Å². The third-order valence-corrected chi connectivity index (χ3v) is 8.04. The van der Waals surface area contributed by atoms with Gasteiger partial charge in [0.15, 0.2) is 11.5 Å². The summed E-state index contributed by atoms with van der Waals surface area (Å²) in [5.41, 5.74) is -0.591. The molecule has 1 aliphatic heterocycles. The smallest absolute Gasteiger partial charge is 0.309 e. The molecule has 1 aromatic carbocycles. The van der Waals surface area contributed by atoms with E-state index in [9.17, 15) is 14.7 Å². The van der Waals surface area contributed by atoms with Crippen molar-refractivity contribution in [1.29, 1.82) is 0 Å². The Balaban J connectivity index is 1.34. The molecule has 2 heterocycles. The molecular weight excluding hydrogens is 434 g/mol. The van der Waals surface area contributed by atoms with Gasteiger partial charge < -0.3 is 19.9 Å². The molecule has 2 atom stereocenters. The minimum Gasteiger partial charge on any atom is -0.486 e. The number of rotatable bonds is 4. The second kappa shape index (κ2) is 6.88. The summed E-state index contributed by atoms with van der Waals surface area (Å²) in [7, 11) is 0. The Hall–Kier alpha value is -2.74. The van der Waals surface area contributed by atoms with Crippen molar-refractivity contribution in [1.82, 2.24) is 9.78 Å². The third-order valence-electron chi connectivity index (χ3n) is 7.67. The van der Waals surface area contributed by atoms with Crippen LogP contribution in [0.3, 0.4) is 0 Å². The highest BCUT2D eigenvalue weighted by Crippen LogP contribution is 2.64. The van der Waals surface area contributed by atoms with Gasteiger partial charge in [0.2, 0.25) is 0 Å². The molecule has 9 heteroatoms. The van der Waals surface area contributed by atoms with E-state index in [1.807, 2.05) is 6.07 Å². The van der Waals surface area contributed by atoms with E-state index >= 15 is 0 Å². The third kappa shape index (κ3) is 2.92. The number of nitrogens with one attached hydrogen (secondary N) is 1. The first-order chi connectivity index (χ1) is 15.4. The number of anilines is 2. The van der Waals surface area contributed by atoms with Crippen molar-refractivity contribution in [2.75, 3.05) is 18.5 Å². The van der Waals surface area contributed by atoms with Crippen LogP contribution in [0.5, 0.6) is 11.5 Å². The van der Waals surface area contributed by atoms with Gasteiger partial charge in [-0.1, -0.05) is 11.6 Å². The number of hydrogen-bond donors (Lipinski definition) is 2. The largest absolute Gasteiger partial charge is 0.486 e. The van der Waals surface area contributed by atoms with Crippen LogP contribution in [0.25, 0.3) is 0 Å². The second-order valence-electron chi connectivity index (χ2n) is 9.84. The van der Waals surface area contributed by atoms with Crippen molar-refractivity contribution in [3.63, 3.8) is 0 Å². The van der Waals surface area contributed by atoms with E-state index in [2.05, 4.69) is 10.4 Å². The van der Waals surface area contributed by atoms with Crippen molar-refractivity contribution < 1.29 is 19.4 Å². The molecule has 0 saturated heterocycles. The summed E-state index contributed by atoms with van der Waals surface area (Å²) >= 11 is 6.52. The maximum absolute atomic E-state index is 13.3. The van der Waals surface area contributed by atoms with Crippen LogP contribution in [0, 0.1) is 17.3 Å².